The van der Waals surface area contributed by atoms with Crippen molar-refractivity contribution in [2.75, 3.05) is 32.6 Å². The van der Waals surface area contributed by atoms with Gasteiger partial charge in [0.15, 0.2) is 0 Å². The monoisotopic (exact) mass is 381 g/mol. The number of carbonyl (C=O) groups excluding carboxylic acids is 2. The van der Waals surface area contributed by atoms with E-state index in [1.165, 1.54) is 11.3 Å². The van der Waals surface area contributed by atoms with Crippen molar-refractivity contribution in [2.24, 2.45) is 0 Å². The van der Waals surface area contributed by atoms with Crippen LogP contribution in [-0.2, 0) is 16.1 Å². The second kappa shape index (κ2) is 9.41. The summed E-state index contributed by atoms with van der Waals surface area (Å²) in [6.45, 7) is 1.58. The van der Waals surface area contributed by atoms with E-state index >= 15 is 0 Å². The number of thiophene rings is 1. The first-order valence-corrected chi connectivity index (χ1v) is 8.95. The van der Waals surface area contributed by atoms with Gasteiger partial charge in [0.25, 0.3) is 0 Å². The summed E-state index contributed by atoms with van der Waals surface area (Å²) in [5.74, 6) is -0.912. The number of carbonyl (C=O) groups is 2. The van der Waals surface area contributed by atoms with Crippen LogP contribution in [0.25, 0.3) is 0 Å². The van der Waals surface area contributed by atoms with Crippen LogP contribution in [0, 0.1) is 0 Å². The number of nitrogens with one attached hydrogen (secondary N) is 2. The number of anilines is 1. The van der Waals surface area contributed by atoms with Crippen molar-refractivity contribution >= 4 is 40.4 Å². The summed E-state index contributed by atoms with van der Waals surface area (Å²) in [4.78, 5) is 25.7. The van der Waals surface area contributed by atoms with Crippen LogP contribution in [0.3, 0.4) is 0 Å². The lowest BCUT2D eigenvalue weighted by Gasteiger charge is -2.13. The van der Waals surface area contributed by atoms with Gasteiger partial charge >= 0.3 is 11.8 Å². The first-order chi connectivity index (χ1) is 12.0. The van der Waals surface area contributed by atoms with Gasteiger partial charge in [0, 0.05) is 18.8 Å². The zero-order valence-electron chi connectivity index (χ0n) is 14.0. The molecule has 1 aromatic carbocycles. The highest BCUT2D eigenvalue weighted by Crippen LogP contribution is 2.27. The summed E-state index contributed by atoms with van der Waals surface area (Å²) in [7, 11) is 3.90. The van der Waals surface area contributed by atoms with E-state index in [2.05, 4.69) is 10.6 Å². The fourth-order valence-electron chi connectivity index (χ4n) is 1.88. The fourth-order valence-corrected chi connectivity index (χ4v) is 2.78. The Morgan fingerprint density at radius 1 is 1.24 bits per heavy atom. The third kappa shape index (κ3) is 6.38. The SMILES string of the molecule is CN(C)CCOc1ccc(NC(=O)C(=O)NCc2ccsc2)cc1Cl. The minimum Gasteiger partial charge on any atom is -0.491 e. The van der Waals surface area contributed by atoms with Gasteiger partial charge in [-0.2, -0.15) is 11.3 Å². The maximum absolute atomic E-state index is 11.9. The molecule has 0 aliphatic carbocycles. The molecular formula is C17H20ClN3O3S. The van der Waals surface area contributed by atoms with E-state index in [4.69, 9.17) is 16.3 Å². The molecule has 1 aromatic heterocycles. The topological polar surface area (TPSA) is 70.7 Å². The molecule has 0 spiro atoms. The van der Waals surface area contributed by atoms with Gasteiger partial charge in [-0.1, -0.05) is 11.6 Å². The molecule has 2 amide bonds. The quantitative estimate of drug-likeness (QED) is 0.723. The molecule has 0 bridgehead atoms. The van der Waals surface area contributed by atoms with Crippen LogP contribution in [0.4, 0.5) is 5.69 Å². The minimum absolute atomic E-state index is 0.315. The van der Waals surface area contributed by atoms with Crippen molar-refractivity contribution < 1.29 is 14.3 Å². The smallest absolute Gasteiger partial charge is 0.313 e. The Balaban J connectivity index is 1.85. The Morgan fingerprint density at radius 2 is 2.04 bits per heavy atom. The molecule has 25 heavy (non-hydrogen) atoms. The molecule has 0 saturated carbocycles. The van der Waals surface area contributed by atoms with E-state index in [-0.39, 0.29) is 0 Å². The lowest BCUT2D eigenvalue weighted by molar-refractivity contribution is -0.136. The average Bonchev–Trinajstić information content (AvgIpc) is 3.07. The van der Waals surface area contributed by atoms with Crippen LogP contribution >= 0.6 is 22.9 Å². The first-order valence-electron chi connectivity index (χ1n) is 7.63. The lowest BCUT2D eigenvalue weighted by Crippen LogP contribution is -2.34. The highest BCUT2D eigenvalue weighted by molar-refractivity contribution is 7.07. The van der Waals surface area contributed by atoms with E-state index in [1.807, 2.05) is 35.8 Å². The minimum atomic E-state index is -0.743. The summed E-state index contributed by atoms with van der Waals surface area (Å²) < 4.78 is 5.57. The van der Waals surface area contributed by atoms with Crippen molar-refractivity contribution in [1.29, 1.82) is 0 Å². The maximum Gasteiger partial charge on any atom is 0.313 e. The molecular weight excluding hydrogens is 362 g/mol. The molecule has 0 radical (unpaired) electrons. The molecule has 0 fully saturated rings. The normalized spacial score (nSPS) is 10.6. The van der Waals surface area contributed by atoms with Crippen molar-refractivity contribution in [1.82, 2.24) is 10.2 Å². The van der Waals surface area contributed by atoms with Crippen LogP contribution in [0.1, 0.15) is 5.56 Å². The predicted octanol–water partition coefficient (Wildman–Crippen LogP) is 2.60. The van der Waals surface area contributed by atoms with Crippen molar-refractivity contribution in [2.45, 2.75) is 6.54 Å². The highest BCUT2D eigenvalue weighted by Gasteiger charge is 2.14. The van der Waals surface area contributed by atoms with Gasteiger partial charge in [-0.15, -0.1) is 0 Å². The van der Waals surface area contributed by atoms with Gasteiger partial charge in [0.05, 0.1) is 5.02 Å². The third-order valence-corrected chi connectivity index (χ3v) is 4.25. The van der Waals surface area contributed by atoms with E-state index in [0.717, 1.165) is 12.1 Å². The number of hydrogen-bond acceptors (Lipinski definition) is 5. The zero-order valence-corrected chi connectivity index (χ0v) is 15.6. The van der Waals surface area contributed by atoms with Crippen LogP contribution in [0.15, 0.2) is 35.0 Å². The number of amides is 2. The van der Waals surface area contributed by atoms with E-state index in [0.29, 0.717) is 29.6 Å². The summed E-state index contributed by atoms with van der Waals surface area (Å²) in [6, 6.07) is 6.74. The third-order valence-electron chi connectivity index (χ3n) is 3.23. The van der Waals surface area contributed by atoms with Crippen LogP contribution in [0.5, 0.6) is 5.75 Å². The van der Waals surface area contributed by atoms with Gasteiger partial charge in [0.2, 0.25) is 0 Å². The lowest BCUT2D eigenvalue weighted by atomic mass is 10.3. The Bertz CT molecular complexity index is 720. The van der Waals surface area contributed by atoms with Crippen LogP contribution in [-0.4, -0.2) is 44.0 Å². The van der Waals surface area contributed by atoms with Gasteiger partial charge in [-0.05, 0) is 54.7 Å². The molecule has 2 rings (SSSR count). The number of rotatable bonds is 7. The fraction of sp³-hybridized carbons (Fsp3) is 0.294. The van der Waals surface area contributed by atoms with E-state index < -0.39 is 11.8 Å². The molecule has 0 atom stereocenters. The van der Waals surface area contributed by atoms with Crippen molar-refractivity contribution in [3.8, 4) is 5.75 Å². The van der Waals surface area contributed by atoms with Gasteiger partial charge in [-0.25, -0.2) is 0 Å². The van der Waals surface area contributed by atoms with E-state index in [9.17, 15) is 9.59 Å². The zero-order chi connectivity index (χ0) is 18.2. The molecule has 1 heterocycles. The summed E-state index contributed by atoms with van der Waals surface area (Å²) in [5.41, 5.74) is 1.38. The summed E-state index contributed by atoms with van der Waals surface area (Å²) in [5, 5.41) is 9.27. The standard InChI is InChI=1S/C17H20ClN3O3S/c1-21(2)6-7-24-15-4-3-13(9-14(15)18)20-17(23)16(22)19-10-12-5-8-25-11-12/h3-5,8-9,11H,6-7,10H2,1-2H3,(H,19,22)(H,20,23). The van der Waals surface area contributed by atoms with Crippen molar-refractivity contribution in [3.05, 3.63) is 45.6 Å². The van der Waals surface area contributed by atoms with Crippen LogP contribution in [0.2, 0.25) is 5.02 Å². The molecule has 134 valence electrons. The summed E-state index contributed by atoms with van der Waals surface area (Å²) >= 11 is 7.68. The number of nitrogens with zero attached hydrogens (tertiary/aromatic N) is 1. The average molecular weight is 382 g/mol. The molecule has 6 nitrogen and oxygen atoms in total. The molecule has 0 aliphatic heterocycles. The molecule has 8 heteroatoms. The Kier molecular flexibility index (Phi) is 7.24. The molecule has 2 aromatic rings. The largest absolute Gasteiger partial charge is 0.491 e. The second-order valence-corrected chi connectivity index (χ2v) is 6.75. The summed E-state index contributed by atoms with van der Waals surface area (Å²) in [6.07, 6.45) is 0. The first kappa shape index (κ1) is 19.2. The van der Waals surface area contributed by atoms with Gasteiger partial charge in [0.1, 0.15) is 12.4 Å². The van der Waals surface area contributed by atoms with Crippen molar-refractivity contribution in [3.63, 3.8) is 0 Å². The molecule has 0 saturated heterocycles. The number of ether oxygens (including phenoxy) is 1. The Hall–Kier alpha value is -2.09. The van der Waals surface area contributed by atoms with Gasteiger partial charge < -0.3 is 20.3 Å². The molecule has 0 aliphatic rings. The van der Waals surface area contributed by atoms with E-state index in [1.54, 1.807) is 18.2 Å². The predicted molar refractivity (Wildman–Crippen MR) is 100 cm³/mol. The number of halogens is 1. The second-order valence-electron chi connectivity index (χ2n) is 5.57. The molecule has 0 unspecified atom stereocenters. The van der Waals surface area contributed by atoms with Crippen LogP contribution < -0.4 is 15.4 Å². The maximum atomic E-state index is 11.9. The highest BCUT2D eigenvalue weighted by atomic mass is 35.5. The number of likely N-dealkylation sites (N-methyl/N-ethyl adjacent to an activating group) is 1. The van der Waals surface area contributed by atoms with Gasteiger partial charge in [-0.3, -0.25) is 9.59 Å². The Labute approximate surface area is 155 Å². The molecule has 2 N–H and O–H groups in total. The number of hydrogen-bond donors (Lipinski definition) is 2. The number of benzene rings is 1. The Morgan fingerprint density at radius 3 is 2.68 bits per heavy atom.